The Morgan fingerprint density at radius 1 is 1.35 bits per heavy atom. The molecular weight excluding hydrogens is 245 g/mol. The molecule has 0 aliphatic carbocycles. The van der Waals surface area contributed by atoms with E-state index < -0.39 is 5.82 Å². The molecule has 0 saturated heterocycles. The lowest BCUT2D eigenvalue weighted by Crippen LogP contribution is -1.93. The first kappa shape index (κ1) is 11.8. The van der Waals surface area contributed by atoms with Gasteiger partial charge in [0.05, 0.1) is 11.6 Å². The van der Waals surface area contributed by atoms with Crippen LogP contribution in [0.3, 0.4) is 0 Å². The summed E-state index contributed by atoms with van der Waals surface area (Å²) in [5, 5.41) is 9.12. The van der Waals surface area contributed by atoms with Crippen LogP contribution in [0.25, 0.3) is 0 Å². The van der Waals surface area contributed by atoms with Crippen molar-refractivity contribution in [3.63, 3.8) is 0 Å². The van der Waals surface area contributed by atoms with E-state index in [1.165, 1.54) is 24.5 Å². The quantitative estimate of drug-likeness (QED) is 0.914. The Bertz CT molecular complexity index is 534. The fourth-order valence-electron chi connectivity index (χ4n) is 1.30. The van der Waals surface area contributed by atoms with Crippen LogP contribution in [0.2, 0.25) is 5.02 Å². The van der Waals surface area contributed by atoms with E-state index in [1.807, 2.05) is 0 Å². The fraction of sp³-hybridized carbons (Fsp3) is 0.0833. The molecule has 1 aromatic carbocycles. The SMILES string of the molecule is OCc1cnccc1Oc1ccc(Cl)c(F)c1. The lowest BCUT2D eigenvalue weighted by Gasteiger charge is -2.09. The summed E-state index contributed by atoms with van der Waals surface area (Å²) in [5.74, 6) is 0.195. The minimum Gasteiger partial charge on any atom is -0.457 e. The van der Waals surface area contributed by atoms with Crippen molar-refractivity contribution >= 4 is 11.6 Å². The number of halogens is 2. The molecule has 1 aromatic heterocycles. The van der Waals surface area contributed by atoms with Crippen molar-refractivity contribution in [2.45, 2.75) is 6.61 Å². The van der Waals surface area contributed by atoms with E-state index in [0.29, 0.717) is 17.1 Å². The number of hydrogen-bond donors (Lipinski definition) is 1. The standard InChI is InChI=1S/C12H9ClFNO2/c13-10-2-1-9(5-11(10)14)17-12-3-4-15-6-8(12)7-16/h1-6,16H,7H2. The third-order valence-electron chi connectivity index (χ3n) is 2.15. The number of hydrogen-bond acceptors (Lipinski definition) is 3. The Kier molecular flexibility index (Phi) is 3.56. The Hall–Kier alpha value is -1.65. The predicted molar refractivity (Wildman–Crippen MR) is 61.6 cm³/mol. The zero-order chi connectivity index (χ0) is 12.3. The molecule has 0 bridgehead atoms. The minimum atomic E-state index is -0.552. The van der Waals surface area contributed by atoms with Crippen LogP contribution in [0.15, 0.2) is 36.7 Å². The van der Waals surface area contributed by atoms with Gasteiger partial charge in [0.15, 0.2) is 0 Å². The summed E-state index contributed by atoms with van der Waals surface area (Å²) in [6, 6.07) is 5.74. The second-order valence-electron chi connectivity index (χ2n) is 3.32. The molecule has 0 amide bonds. The largest absolute Gasteiger partial charge is 0.457 e. The summed E-state index contributed by atoms with van der Waals surface area (Å²) in [6.07, 6.45) is 3.02. The fourth-order valence-corrected chi connectivity index (χ4v) is 1.42. The van der Waals surface area contributed by atoms with Crippen molar-refractivity contribution in [3.05, 3.63) is 53.1 Å². The molecule has 0 aliphatic rings. The average molecular weight is 254 g/mol. The molecule has 0 aliphatic heterocycles. The minimum absolute atomic E-state index is 0.0365. The molecule has 0 radical (unpaired) electrons. The van der Waals surface area contributed by atoms with Crippen LogP contribution in [0.1, 0.15) is 5.56 Å². The number of aliphatic hydroxyl groups excluding tert-OH is 1. The van der Waals surface area contributed by atoms with Gasteiger partial charge >= 0.3 is 0 Å². The van der Waals surface area contributed by atoms with E-state index in [1.54, 1.807) is 12.1 Å². The normalized spacial score (nSPS) is 10.3. The molecule has 0 fully saturated rings. The van der Waals surface area contributed by atoms with Gasteiger partial charge in [-0.15, -0.1) is 0 Å². The number of pyridine rings is 1. The zero-order valence-corrected chi connectivity index (χ0v) is 9.49. The molecule has 5 heteroatoms. The second kappa shape index (κ2) is 5.12. The van der Waals surface area contributed by atoms with Gasteiger partial charge in [-0.3, -0.25) is 4.98 Å². The average Bonchev–Trinajstić information content (AvgIpc) is 2.34. The highest BCUT2D eigenvalue weighted by atomic mass is 35.5. The molecule has 0 unspecified atom stereocenters. The van der Waals surface area contributed by atoms with E-state index >= 15 is 0 Å². The second-order valence-corrected chi connectivity index (χ2v) is 3.73. The molecule has 2 aromatic rings. The van der Waals surface area contributed by atoms with Crippen molar-refractivity contribution in [1.82, 2.24) is 4.98 Å². The van der Waals surface area contributed by atoms with Gasteiger partial charge in [0.2, 0.25) is 0 Å². The maximum atomic E-state index is 13.2. The number of nitrogens with zero attached hydrogens (tertiary/aromatic N) is 1. The van der Waals surface area contributed by atoms with Gasteiger partial charge in [-0.05, 0) is 18.2 Å². The Labute approximate surface area is 102 Å². The Morgan fingerprint density at radius 3 is 2.88 bits per heavy atom. The summed E-state index contributed by atoms with van der Waals surface area (Å²) in [6.45, 7) is -0.195. The van der Waals surface area contributed by atoms with Gasteiger partial charge in [0, 0.05) is 24.0 Å². The van der Waals surface area contributed by atoms with Crippen molar-refractivity contribution in [2.24, 2.45) is 0 Å². The van der Waals surface area contributed by atoms with Gasteiger partial charge in [0.25, 0.3) is 0 Å². The zero-order valence-electron chi connectivity index (χ0n) is 8.73. The number of aromatic nitrogens is 1. The molecule has 0 spiro atoms. The smallest absolute Gasteiger partial charge is 0.145 e. The van der Waals surface area contributed by atoms with E-state index in [-0.39, 0.29) is 11.6 Å². The van der Waals surface area contributed by atoms with Crippen LogP contribution >= 0.6 is 11.6 Å². The lowest BCUT2D eigenvalue weighted by molar-refractivity contribution is 0.276. The number of ether oxygens (including phenoxy) is 1. The molecule has 0 saturated carbocycles. The third-order valence-corrected chi connectivity index (χ3v) is 2.45. The van der Waals surface area contributed by atoms with Crippen LogP contribution in [0.4, 0.5) is 4.39 Å². The van der Waals surface area contributed by atoms with E-state index in [4.69, 9.17) is 21.4 Å². The van der Waals surface area contributed by atoms with Crippen molar-refractivity contribution in [1.29, 1.82) is 0 Å². The first-order valence-electron chi connectivity index (χ1n) is 4.87. The van der Waals surface area contributed by atoms with Crippen molar-refractivity contribution in [2.75, 3.05) is 0 Å². The molecule has 1 N–H and O–H groups in total. The highest BCUT2D eigenvalue weighted by Crippen LogP contribution is 2.27. The molecule has 88 valence electrons. The Morgan fingerprint density at radius 2 is 2.18 bits per heavy atom. The van der Waals surface area contributed by atoms with Gasteiger partial charge in [-0.25, -0.2) is 4.39 Å². The van der Waals surface area contributed by atoms with Crippen LogP contribution in [0, 0.1) is 5.82 Å². The summed E-state index contributed by atoms with van der Waals surface area (Å²) in [5.41, 5.74) is 0.530. The van der Waals surface area contributed by atoms with Crippen molar-refractivity contribution < 1.29 is 14.2 Å². The first-order valence-corrected chi connectivity index (χ1v) is 5.25. The highest BCUT2D eigenvalue weighted by molar-refractivity contribution is 6.30. The van der Waals surface area contributed by atoms with E-state index in [9.17, 15) is 4.39 Å². The summed E-state index contributed by atoms with van der Waals surface area (Å²) in [4.78, 5) is 3.85. The molecule has 3 nitrogen and oxygen atoms in total. The topological polar surface area (TPSA) is 42.4 Å². The monoisotopic (exact) mass is 253 g/mol. The van der Waals surface area contributed by atoms with E-state index in [2.05, 4.69) is 4.98 Å². The van der Waals surface area contributed by atoms with Crippen LogP contribution in [-0.2, 0) is 6.61 Å². The molecule has 2 rings (SSSR count). The molecular formula is C12H9ClFNO2. The van der Waals surface area contributed by atoms with Crippen molar-refractivity contribution in [3.8, 4) is 11.5 Å². The van der Waals surface area contributed by atoms with Gasteiger partial charge in [0.1, 0.15) is 17.3 Å². The summed E-state index contributed by atoms with van der Waals surface area (Å²) in [7, 11) is 0. The highest BCUT2D eigenvalue weighted by Gasteiger charge is 2.06. The third kappa shape index (κ3) is 2.72. The molecule has 1 heterocycles. The Balaban J connectivity index is 2.28. The summed E-state index contributed by atoms with van der Waals surface area (Å²) >= 11 is 5.56. The number of rotatable bonds is 3. The van der Waals surface area contributed by atoms with E-state index in [0.717, 1.165) is 0 Å². The maximum Gasteiger partial charge on any atom is 0.145 e. The van der Waals surface area contributed by atoms with Gasteiger partial charge < -0.3 is 9.84 Å². The predicted octanol–water partition coefficient (Wildman–Crippen LogP) is 3.16. The summed E-state index contributed by atoms with van der Waals surface area (Å²) < 4.78 is 18.6. The van der Waals surface area contributed by atoms with Gasteiger partial charge in [-0.1, -0.05) is 11.6 Å². The number of aliphatic hydroxyl groups is 1. The molecule has 0 atom stereocenters. The van der Waals surface area contributed by atoms with Crippen LogP contribution in [-0.4, -0.2) is 10.1 Å². The molecule has 17 heavy (non-hydrogen) atoms. The van der Waals surface area contributed by atoms with Crippen LogP contribution in [0.5, 0.6) is 11.5 Å². The van der Waals surface area contributed by atoms with Crippen LogP contribution < -0.4 is 4.74 Å². The first-order chi connectivity index (χ1) is 8.20. The number of benzene rings is 1. The maximum absolute atomic E-state index is 13.2. The lowest BCUT2D eigenvalue weighted by atomic mass is 10.2. The van der Waals surface area contributed by atoms with Gasteiger partial charge in [-0.2, -0.15) is 0 Å².